The third kappa shape index (κ3) is 3.55. The van der Waals surface area contributed by atoms with Crippen molar-refractivity contribution in [2.75, 3.05) is 18.5 Å². The lowest BCUT2D eigenvalue weighted by atomic mass is 10.0. The van der Waals surface area contributed by atoms with E-state index < -0.39 is 17.7 Å². The Morgan fingerprint density at radius 1 is 1.27 bits per heavy atom. The van der Waals surface area contributed by atoms with Crippen LogP contribution >= 0.6 is 0 Å². The van der Waals surface area contributed by atoms with Crippen molar-refractivity contribution in [1.82, 2.24) is 4.90 Å². The van der Waals surface area contributed by atoms with Crippen LogP contribution in [0.1, 0.15) is 27.2 Å². The van der Waals surface area contributed by atoms with E-state index in [9.17, 15) is 14.0 Å². The molecule has 1 aliphatic heterocycles. The first-order valence-corrected chi connectivity index (χ1v) is 7.22. The van der Waals surface area contributed by atoms with Gasteiger partial charge in [0.15, 0.2) is 0 Å². The summed E-state index contributed by atoms with van der Waals surface area (Å²) in [5.41, 5.74) is -0.00853. The molecule has 0 spiro atoms. The van der Waals surface area contributed by atoms with Crippen LogP contribution in [0.3, 0.4) is 0 Å². The van der Waals surface area contributed by atoms with Crippen molar-refractivity contribution in [2.24, 2.45) is 0 Å². The first-order valence-electron chi connectivity index (χ1n) is 7.22. The molecule has 5 nitrogen and oxygen atoms in total. The number of carbonyl (C=O) groups is 2. The Balaban J connectivity index is 2.03. The fourth-order valence-electron chi connectivity index (χ4n) is 2.20. The number of halogens is 1. The maximum absolute atomic E-state index is 12.9. The van der Waals surface area contributed by atoms with Crippen molar-refractivity contribution in [2.45, 2.75) is 38.8 Å². The zero-order valence-electron chi connectivity index (χ0n) is 13.3. The van der Waals surface area contributed by atoms with Crippen molar-refractivity contribution in [1.29, 1.82) is 0 Å². The number of anilines is 1. The van der Waals surface area contributed by atoms with Gasteiger partial charge in [0.2, 0.25) is 5.91 Å². The van der Waals surface area contributed by atoms with Crippen LogP contribution in [0.25, 0.3) is 0 Å². The van der Waals surface area contributed by atoms with Gasteiger partial charge in [-0.2, -0.15) is 0 Å². The quantitative estimate of drug-likeness (QED) is 0.844. The number of carbonyl (C=O) groups excluding carboxylic acids is 2. The number of likely N-dealkylation sites (N-methyl/N-ethyl adjacent to an activating group) is 1. The molecule has 1 aliphatic rings. The molecule has 2 amide bonds. The Morgan fingerprint density at radius 3 is 2.32 bits per heavy atom. The van der Waals surface area contributed by atoms with Crippen LogP contribution in [0.5, 0.6) is 0 Å². The molecule has 0 aromatic heterocycles. The van der Waals surface area contributed by atoms with Gasteiger partial charge in [-0.1, -0.05) is 0 Å². The average Bonchev–Trinajstić information content (AvgIpc) is 2.35. The Kier molecular flexibility index (Phi) is 4.39. The minimum atomic E-state index is -0.594. The molecule has 1 saturated heterocycles. The first-order chi connectivity index (χ1) is 10.2. The largest absolute Gasteiger partial charge is 0.444 e. The van der Waals surface area contributed by atoms with Crippen LogP contribution in [0.4, 0.5) is 14.9 Å². The summed E-state index contributed by atoms with van der Waals surface area (Å²) in [5.74, 6) is -0.563. The fraction of sp³-hybridized carbons (Fsp3) is 0.500. The predicted molar refractivity (Wildman–Crippen MR) is 81.2 cm³/mol. The van der Waals surface area contributed by atoms with E-state index in [0.29, 0.717) is 18.7 Å². The van der Waals surface area contributed by atoms with Crippen LogP contribution in [-0.2, 0) is 9.53 Å². The number of hydrogen-bond donors (Lipinski definition) is 0. The summed E-state index contributed by atoms with van der Waals surface area (Å²) in [4.78, 5) is 27.4. The highest BCUT2D eigenvalue weighted by molar-refractivity contribution is 5.99. The molecule has 22 heavy (non-hydrogen) atoms. The lowest BCUT2D eigenvalue weighted by molar-refractivity contribution is -0.127. The topological polar surface area (TPSA) is 49.9 Å². The molecule has 0 unspecified atom stereocenters. The fourth-order valence-corrected chi connectivity index (χ4v) is 2.20. The lowest BCUT2D eigenvalue weighted by Gasteiger charge is -2.41. The molecule has 1 atom stereocenters. The molecule has 0 N–H and O–H groups in total. The first kappa shape index (κ1) is 16.3. The van der Waals surface area contributed by atoms with E-state index in [1.54, 1.807) is 27.8 Å². The van der Waals surface area contributed by atoms with Gasteiger partial charge in [0.25, 0.3) is 0 Å². The number of likely N-dealkylation sites (tertiary alicyclic amines) is 1. The van der Waals surface area contributed by atoms with Gasteiger partial charge < -0.3 is 9.64 Å². The van der Waals surface area contributed by atoms with Gasteiger partial charge in [-0.25, -0.2) is 9.18 Å². The summed E-state index contributed by atoms with van der Waals surface area (Å²) in [7, 11) is 1.61. The summed E-state index contributed by atoms with van der Waals surface area (Å²) in [6, 6.07) is 5.13. The standard InChI is InChI=1S/C16H21FN2O3/c1-16(2,3)22-15(21)19-10-9-13(19)14(20)18(4)12-7-5-11(17)6-8-12/h5-8,13H,9-10H2,1-4H3/t13-/m0/s1. The van der Waals surface area contributed by atoms with E-state index in [0.717, 1.165) is 0 Å². The van der Waals surface area contributed by atoms with E-state index in [1.165, 1.54) is 34.1 Å². The normalized spacial score (nSPS) is 17.7. The Labute approximate surface area is 129 Å². The highest BCUT2D eigenvalue weighted by Gasteiger charge is 2.41. The Morgan fingerprint density at radius 2 is 1.86 bits per heavy atom. The Bertz CT molecular complexity index is 566. The van der Waals surface area contributed by atoms with Gasteiger partial charge in [0, 0.05) is 19.3 Å². The number of rotatable bonds is 2. The van der Waals surface area contributed by atoms with E-state index in [1.807, 2.05) is 0 Å². The van der Waals surface area contributed by atoms with Gasteiger partial charge in [-0.05, 0) is 51.5 Å². The molecular weight excluding hydrogens is 287 g/mol. The highest BCUT2D eigenvalue weighted by atomic mass is 19.1. The number of ether oxygens (including phenoxy) is 1. The summed E-state index contributed by atoms with van der Waals surface area (Å²) in [6.45, 7) is 5.85. The molecule has 1 aromatic carbocycles. The number of hydrogen-bond acceptors (Lipinski definition) is 3. The van der Waals surface area contributed by atoms with Crippen LogP contribution in [0.2, 0.25) is 0 Å². The van der Waals surface area contributed by atoms with E-state index in [2.05, 4.69) is 0 Å². The van der Waals surface area contributed by atoms with Gasteiger partial charge in [-0.15, -0.1) is 0 Å². The summed E-state index contributed by atoms with van der Waals surface area (Å²) < 4.78 is 18.2. The summed E-state index contributed by atoms with van der Waals surface area (Å²) >= 11 is 0. The van der Waals surface area contributed by atoms with E-state index in [4.69, 9.17) is 4.74 Å². The summed E-state index contributed by atoms with van der Waals surface area (Å²) in [5, 5.41) is 0. The monoisotopic (exact) mass is 308 g/mol. The number of nitrogens with zero attached hydrogens (tertiary/aromatic N) is 2. The summed E-state index contributed by atoms with van der Waals surface area (Å²) in [6.07, 6.45) is 0.119. The minimum Gasteiger partial charge on any atom is -0.444 e. The van der Waals surface area contributed by atoms with Crippen LogP contribution in [0.15, 0.2) is 24.3 Å². The number of benzene rings is 1. The van der Waals surface area contributed by atoms with Crippen molar-refractivity contribution < 1.29 is 18.7 Å². The second kappa shape index (κ2) is 5.94. The van der Waals surface area contributed by atoms with Crippen LogP contribution in [0, 0.1) is 5.82 Å². The van der Waals surface area contributed by atoms with Crippen molar-refractivity contribution in [3.05, 3.63) is 30.1 Å². The van der Waals surface area contributed by atoms with Crippen molar-refractivity contribution >= 4 is 17.7 Å². The molecule has 0 saturated carbocycles. The minimum absolute atomic E-state index is 0.205. The third-order valence-electron chi connectivity index (χ3n) is 3.48. The van der Waals surface area contributed by atoms with Crippen molar-refractivity contribution in [3.8, 4) is 0 Å². The van der Waals surface area contributed by atoms with Gasteiger partial charge in [-0.3, -0.25) is 9.69 Å². The molecule has 2 rings (SSSR count). The molecule has 0 bridgehead atoms. The SMILES string of the molecule is CN(C(=O)[C@@H]1CCN1C(=O)OC(C)(C)C)c1ccc(F)cc1. The molecule has 1 fully saturated rings. The second-order valence-corrected chi connectivity index (χ2v) is 6.35. The van der Waals surface area contributed by atoms with Crippen LogP contribution in [-0.4, -0.2) is 42.1 Å². The predicted octanol–water partition coefficient (Wildman–Crippen LogP) is 2.80. The lowest BCUT2D eigenvalue weighted by Crippen LogP contribution is -2.59. The molecule has 6 heteroatoms. The highest BCUT2D eigenvalue weighted by Crippen LogP contribution is 2.24. The maximum Gasteiger partial charge on any atom is 0.410 e. The molecule has 1 heterocycles. The van der Waals surface area contributed by atoms with Gasteiger partial charge in [0.1, 0.15) is 17.5 Å². The van der Waals surface area contributed by atoms with E-state index in [-0.39, 0.29) is 11.7 Å². The molecule has 0 aliphatic carbocycles. The molecule has 120 valence electrons. The Hall–Kier alpha value is -2.11. The third-order valence-corrected chi connectivity index (χ3v) is 3.48. The van der Waals surface area contributed by atoms with E-state index >= 15 is 0 Å². The zero-order chi connectivity index (χ0) is 16.5. The van der Waals surface area contributed by atoms with Crippen molar-refractivity contribution in [3.63, 3.8) is 0 Å². The zero-order valence-corrected chi connectivity index (χ0v) is 13.3. The average molecular weight is 308 g/mol. The maximum atomic E-state index is 12.9. The van der Waals surface area contributed by atoms with Gasteiger partial charge >= 0.3 is 6.09 Å². The van der Waals surface area contributed by atoms with Gasteiger partial charge in [0.05, 0.1) is 0 Å². The second-order valence-electron chi connectivity index (χ2n) is 6.35. The molecular formula is C16H21FN2O3. The van der Waals surface area contributed by atoms with Crippen LogP contribution < -0.4 is 4.90 Å². The number of amides is 2. The molecule has 1 aromatic rings. The smallest absolute Gasteiger partial charge is 0.410 e. The molecule has 0 radical (unpaired) electrons.